The summed E-state index contributed by atoms with van der Waals surface area (Å²) in [7, 11) is 0. The summed E-state index contributed by atoms with van der Waals surface area (Å²) in [5.41, 5.74) is 0. The molecule has 4 nitrogen and oxygen atoms in total. The van der Waals surface area contributed by atoms with Gasteiger partial charge >= 0.3 is 59.5 Å². The molecule has 23 heteroatoms. The highest BCUT2D eigenvalue weighted by Crippen LogP contribution is 2.65. The number of alkyl halides is 19. The summed E-state index contributed by atoms with van der Waals surface area (Å²) in [5.74, 6) is -73.3. The Morgan fingerprint density at radius 2 is 0.629 bits per heavy atom. The van der Waals surface area contributed by atoms with Gasteiger partial charge in [0.05, 0.1) is 13.2 Å². The summed E-state index contributed by atoms with van der Waals surface area (Å²) in [4.78, 5) is 9.80. The predicted molar refractivity (Wildman–Crippen MR) is 67.4 cm³/mol. The van der Waals surface area contributed by atoms with Crippen LogP contribution in [0.3, 0.4) is 0 Å². The van der Waals surface area contributed by atoms with E-state index in [1.165, 1.54) is 0 Å². The second-order valence-electron chi connectivity index (χ2n) is 5.85. The number of rotatable bonds is 9. The molecule has 0 heterocycles. The summed E-state index contributed by atoms with van der Waals surface area (Å²) < 4.78 is 242. The van der Waals surface area contributed by atoms with E-state index in [1.54, 1.807) is 0 Å². The Morgan fingerprint density at radius 1 is 0.429 bits per heavy atom. The van der Waals surface area contributed by atoms with E-state index in [2.05, 4.69) is 0 Å². The number of hydrogen-bond acceptors (Lipinski definition) is 3. The van der Waals surface area contributed by atoms with Gasteiger partial charge in [0.2, 0.25) is 0 Å². The fourth-order valence-electron chi connectivity index (χ4n) is 1.50. The zero-order chi connectivity index (χ0) is 29.5. The minimum atomic E-state index is -9.06. The average molecular weight is 576 g/mol. The molecule has 0 aromatic rings. The molecule has 0 fully saturated rings. The molecule has 3 N–H and O–H groups in total. The largest absolute Gasteiger partial charge is 0.477 e. The Kier molecular flexibility index (Phi) is 9.56. The number of carboxylic acid groups (broad SMARTS) is 1. The van der Waals surface area contributed by atoms with Crippen LogP contribution in [0, 0.1) is 0 Å². The zero-order valence-electron chi connectivity index (χ0n) is 15.3. The summed E-state index contributed by atoms with van der Waals surface area (Å²) in [6.07, 6.45) is -7.95. The van der Waals surface area contributed by atoms with Crippen molar-refractivity contribution in [3.63, 3.8) is 0 Å². The van der Waals surface area contributed by atoms with Crippen molar-refractivity contribution < 1.29 is 104 Å². The van der Waals surface area contributed by atoms with Crippen LogP contribution in [-0.4, -0.2) is 88.1 Å². The SMILES string of the molecule is O=C(O)C(F)(F)C(F)(F)C(F)(F)C(F)(F)C(F)(F)C(F)(F)C(F)(F)C(F)(F)C(F)(F)F.OCCO. The van der Waals surface area contributed by atoms with Crippen LogP contribution >= 0.6 is 0 Å². The van der Waals surface area contributed by atoms with Gasteiger partial charge in [-0.25, -0.2) is 4.79 Å². The molecule has 0 aromatic heterocycles. The van der Waals surface area contributed by atoms with Crippen molar-refractivity contribution in [1.29, 1.82) is 0 Å². The van der Waals surface area contributed by atoms with Crippen LogP contribution in [0.2, 0.25) is 0 Å². The number of aliphatic hydroxyl groups is 2. The first kappa shape index (κ1) is 35.2. The summed E-state index contributed by atoms with van der Waals surface area (Å²) >= 11 is 0. The van der Waals surface area contributed by atoms with E-state index in [0.29, 0.717) is 0 Å². The van der Waals surface area contributed by atoms with Crippen LogP contribution in [-0.2, 0) is 4.79 Å². The number of hydrogen-bond donors (Lipinski definition) is 3. The van der Waals surface area contributed by atoms with Gasteiger partial charge in [-0.2, -0.15) is 83.4 Å². The molecule has 0 bridgehead atoms. The summed E-state index contributed by atoms with van der Waals surface area (Å²) in [6.45, 7) is -0.250. The van der Waals surface area contributed by atoms with Crippen LogP contribution in [0.5, 0.6) is 0 Å². The molecule has 0 saturated carbocycles. The molecule has 0 atom stereocenters. The lowest BCUT2D eigenvalue weighted by Crippen LogP contribution is -2.76. The molecule has 0 aliphatic rings. The van der Waals surface area contributed by atoms with E-state index < -0.39 is 59.5 Å². The standard InChI is InChI=1S/C10HF19O2.C2H6O2/c11-2(12,1(30)31)3(13,14)4(15,16)5(17,18)6(19,20)7(21,22)8(23,24)9(25,26)10(27,28)29;3-1-2-4/h(H,30,31);3-4H,1-2H2. The molecule has 0 amide bonds. The van der Waals surface area contributed by atoms with Crippen LogP contribution in [0.15, 0.2) is 0 Å². The topological polar surface area (TPSA) is 77.8 Å². The molecular formula is C12H7F19O4. The van der Waals surface area contributed by atoms with Gasteiger partial charge in [-0.3, -0.25) is 0 Å². The van der Waals surface area contributed by atoms with Crippen LogP contribution < -0.4 is 0 Å². The van der Waals surface area contributed by atoms with Crippen LogP contribution in [0.25, 0.3) is 0 Å². The van der Waals surface area contributed by atoms with Crippen LogP contribution in [0.1, 0.15) is 0 Å². The normalized spacial score (nSPS) is 15.5. The van der Waals surface area contributed by atoms with E-state index in [1.807, 2.05) is 0 Å². The van der Waals surface area contributed by atoms with E-state index in [4.69, 9.17) is 15.3 Å². The Bertz CT molecular complexity index is 739. The van der Waals surface area contributed by atoms with Crippen molar-refractivity contribution in [3.8, 4) is 0 Å². The average Bonchev–Trinajstić information content (AvgIpc) is 2.65. The fourth-order valence-corrected chi connectivity index (χ4v) is 1.50. The van der Waals surface area contributed by atoms with Crippen molar-refractivity contribution in [1.82, 2.24) is 0 Å². The lowest BCUT2D eigenvalue weighted by molar-refractivity contribution is -0.467. The van der Waals surface area contributed by atoms with Gasteiger partial charge in [-0.1, -0.05) is 0 Å². The van der Waals surface area contributed by atoms with Crippen molar-refractivity contribution in [3.05, 3.63) is 0 Å². The molecular weight excluding hydrogens is 569 g/mol. The minimum absolute atomic E-state index is 0.125. The third kappa shape index (κ3) is 4.88. The molecule has 0 aromatic carbocycles. The van der Waals surface area contributed by atoms with Crippen molar-refractivity contribution in [2.75, 3.05) is 13.2 Å². The smallest absolute Gasteiger partial charge is 0.460 e. The predicted octanol–water partition coefficient (Wildman–Crippen LogP) is 4.69. The van der Waals surface area contributed by atoms with E-state index in [-0.39, 0.29) is 13.2 Å². The molecule has 0 aliphatic heterocycles. The number of carbonyl (C=O) groups is 1. The Hall–Kier alpha value is -1.94. The molecule has 212 valence electrons. The Morgan fingerprint density at radius 3 is 0.800 bits per heavy atom. The summed E-state index contributed by atoms with van der Waals surface area (Å²) in [6, 6.07) is 0. The van der Waals surface area contributed by atoms with Gasteiger partial charge in [-0.05, 0) is 0 Å². The fraction of sp³-hybridized carbons (Fsp3) is 0.917. The maximum atomic E-state index is 13.1. The molecule has 0 aliphatic carbocycles. The monoisotopic (exact) mass is 576 g/mol. The Balaban J connectivity index is 0. The van der Waals surface area contributed by atoms with E-state index >= 15 is 0 Å². The minimum Gasteiger partial charge on any atom is -0.477 e. The van der Waals surface area contributed by atoms with Crippen molar-refractivity contribution in [2.45, 2.75) is 53.6 Å². The van der Waals surface area contributed by atoms with Gasteiger partial charge in [0.25, 0.3) is 0 Å². The highest BCUT2D eigenvalue weighted by Gasteiger charge is 2.97. The van der Waals surface area contributed by atoms with Gasteiger partial charge in [0.1, 0.15) is 0 Å². The zero-order valence-corrected chi connectivity index (χ0v) is 15.3. The van der Waals surface area contributed by atoms with Gasteiger partial charge in [-0.15, -0.1) is 0 Å². The van der Waals surface area contributed by atoms with Gasteiger partial charge in [0, 0.05) is 0 Å². The molecule has 35 heavy (non-hydrogen) atoms. The first-order valence-corrected chi connectivity index (χ1v) is 7.40. The van der Waals surface area contributed by atoms with E-state index in [0.717, 1.165) is 0 Å². The number of halogens is 19. The van der Waals surface area contributed by atoms with Crippen molar-refractivity contribution >= 4 is 5.97 Å². The molecule has 0 spiro atoms. The second-order valence-corrected chi connectivity index (χ2v) is 5.85. The number of carboxylic acids is 1. The van der Waals surface area contributed by atoms with Crippen LogP contribution in [0.4, 0.5) is 83.4 Å². The highest BCUT2D eigenvalue weighted by molar-refractivity contribution is 5.77. The molecule has 0 unspecified atom stereocenters. The highest BCUT2D eigenvalue weighted by atomic mass is 19.4. The first-order valence-electron chi connectivity index (χ1n) is 7.40. The maximum absolute atomic E-state index is 13.1. The van der Waals surface area contributed by atoms with Crippen molar-refractivity contribution in [2.24, 2.45) is 0 Å². The number of aliphatic carboxylic acids is 1. The Labute approximate surface area is 177 Å². The quantitative estimate of drug-likeness (QED) is 0.349. The van der Waals surface area contributed by atoms with Gasteiger partial charge in [0.15, 0.2) is 0 Å². The number of aliphatic hydroxyl groups excluding tert-OH is 2. The third-order valence-corrected chi connectivity index (χ3v) is 3.48. The lowest BCUT2D eigenvalue weighted by Gasteiger charge is -2.43. The summed E-state index contributed by atoms with van der Waals surface area (Å²) in [5, 5.41) is 22.9. The van der Waals surface area contributed by atoms with Gasteiger partial charge < -0.3 is 15.3 Å². The molecule has 0 rings (SSSR count). The maximum Gasteiger partial charge on any atom is 0.460 e. The molecule has 0 radical (unpaired) electrons. The third-order valence-electron chi connectivity index (χ3n) is 3.48. The van der Waals surface area contributed by atoms with E-state index in [9.17, 15) is 88.2 Å². The molecule has 0 saturated heterocycles. The lowest BCUT2D eigenvalue weighted by atomic mass is 9.87. The first-order chi connectivity index (χ1) is 14.9. The second kappa shape index (κ2) is 9.50.